The van der Waals surface area contributed by atoms with Gasteiger partial charge in [0.2, 0.25) is 5.78 Å². The summed E-state index contributed by atoms with van der Waals surface area (Å²) in [5, 5.41) is 18.9. The molecule has 84 valence electrons. The van der Waals surface area contributed by atoms with Crippen molar-refractivity contribution in [3.63, 3.8) is 0 Å². The third-order valence-corrected chi connectivity index (χ3v) is 1.93. The lowest BCUT2D eigenvalue weighted by Crippen LogP contribution is -2.16. The van der Waals surface area contributed by atoms with Crippen LogP contribution in [-0.4, -0.2) is 26.8 Å². The quantitative estimate of drug-likeness (QED) is 0.364. The Balaban J connectivity index is 3.10. The number of hydrogen-bond donors (Lipinski definition) is 1. The molecule has 0 spiro atoms. The summed E-state index contributed by atoms with van der Waals surface area (Å²) in [5.74, 6) is -2.80. The van der Waals surface area contributed by atoms with E-state index in [9.17, 15) is 19.7 Å². The third kappa shape index (κ3) is 2.74. The van der Waals surface area contributed by atoms with Crippen molar-refractivity contribution in [3.8, 4) is 0 Å². The van der Waals surface area contributed by atoms with E-state index in [4.69, 9.17) is 16.7 Å². The number of nitrogens with zero attached hydrogens (tertiary/aromatic N) is 2. The first-order chi connectivity index (χ1) is 7.41. The van der Waals surface area contributed by atoms with Gasteiger partial charge in [-0.2, -0.15) is 0 Å². The molecule has 1 heterocycles. The maximum atomic E-state index is 10.9. The number of rotatable bonds is 4. The molecule has 1 aromatic rings. The molecule has 8 heteroatoms. The van der Waals surface area contributed by atoms with E-state index in [1.165, 1.54) is 0 Å². The Bertz CT molecular complexity index is 473. The molecule has 0 radical (unpaired) electrons. The SMILES string of the molecule is O=C(O)C(=O)Cc1cc(Cl)ncc1[N+](=O)[O-]. The molecule has 0 bridgehead atoms. The van der Waals surface area contributed by atoms with Crippen molar-refractivity contribution in [3.05, 3.63) is 33.1 Å². The van der Waals surface area contributed by atoms with Gasteiger partial charge in [0.25, 0.3) is 5.69 Å². The predicted octanol–water partition coefficient (Wildman–Crippen LogP) is 0.839. The Morgan fingerprint density at radius 3 is 2.69 bits per heavy atom. The van der Waals surface area contributed by atoms with E-state index in [0.29, 0.717) is 0 Å². The highest BCUT2D eigenvalue weighted by Crippen LogP contribution is 2.20. The number of nitro groups is 1. The lowest BCUT2D eigenvalue weighted by Gasteiger charge is -2.00. The number of Topliss-reactive ketones (excluding diaryl/α,β-unsaturated/α-hetero) is 1. The molecule has 0 amide bonds. The van der Waals surface area contributed by atoms with Gasteiger partial charge >= 0.3 is 5.97 Å². The minimum absolute atomic E-state index is 0.0428. The fraction of sp³-hybridized carbons (Fsp3) is 0.125. The molecule has 0 fully saturated rings. The molecule has 0 aliphatic rings. The Kier molecular flexibility index (Phi) is 3.51. The van der Waals surface area contributed by atoms with Crippen LogP contribution in [0.1, 0.15) is 5.56 Å². The molecule has 1 aromatic heterocycles. The molecule has 0 saturated carbocycles. The summed E-state index contributed by atoms with van der Waals surface area (Å²) < 4.78 is 0. The Morgan fingerprint density at radius 2 is 2.19 bits per heavy atom. The fourth-order valence-corrected chi connectivity index (χ4v) is 1.20. The standard InChI is InChI=1S/C8H5ClN2O5/c9-7-2-4(1-6(12)8(13)14)5(3-10-7)11(15)16/h2-3H,1H2,(H,13,14). The van der Waals surface area contributed by atoms with Crippen LogP contribution in [-0.2, 0) is 16.0 Å². The molecule has 7 nitrogen and oxygen atoms in total. The summed E-state index contributed by atoms with van der Waals surface area (Å²) in [7, 11) is 0. The zero-order valence-corrected chi connectivity index (χ0v) is 8.47. The molecule has 0 unspecified atom stereocenters. The van der Waals surface area contributed by atoms with Gasteiger partial charge in [-0.1, -0.05) is 11.6 Å². The molecule has 0 aromatic carbocycles. The first-order valence-corrected chi connectivity index (χ1v) is 4.34. The van der Waals surface area contributed by atoms with Gasteiger partial charge in [-0.05, 0) is 6.07 Å². The fourth-order valence-electron chi connectivity index (χ4n) is 1.02. The molecule has 0 saturated heterocycles. The number of carbonyl (C=O) groups excluding carboxylic acids is 1. The molecule has 0 aliphatic heterocycles. The number of hydrogen-bond acceptors (Lipinski definition) is 5. The monoisotopic (exact) mass is 244 g/mol. The van der Waals surface area contributed by atoms with Crippen LogP contribution in [0.3, 0.4) is 0 Å². The number of carboxylic acid groups (broad SMARTS) is 1. The second-order valence-corrected chi connectivity index (χ2v) is 3.19. The highest BCUT2D eigenvalue weighted by atomic mass is 35.5. The first-order valence-electron chi connectivity index (χ1n) is 3.96. The number of pyridine rings is 1. The molecule has 0 aliphatic carbocycles. The van der Waals surface area contributed by atoms with E-state index in [1.54, 1.807) is 0 Å². The Labute approximate surface area is 93.8 Å². The van der Waals surface area contributed by atoms with E-state index in [2.05, 4.69) is 4.98 Å². The topological polar surface area (TPSA) is 110 Å². The number of carboxylic acids is 1. The van der Waals surface area contributed by atoms with E-state index < -0.39 is 28.8 Å². The number of aliphatic carboxylic acids is 1. The minimum atomic E-state index is -1.65. The molecular formula is C8H5ClN2O5. The summed E-state index contributed by atoms with van der Waals surface area (Å²) in [6, 6.07) is 1.10. The zero-order valence-electron chi connectivity index (χ0n) is 7.71. The van der Waals surface area contributed by atoms with E-state index in [1.807, 2.05) is 0 Å². The molecule has 0 atom stereocenters. The number of ketones is 1. The summed E-state index contributed by atoms with van der Waals surface area (Å²) >= 11 is 5.49. The van der Waals surface area contributed by atoms with Crippen molar-refractivity contribution in [2.24, 2.45) is 0 Å². The molecule has 1 rings (SSSR count). The average Bonchev–Trinajstić information content (AvgIpc) is 2.16. The molecule has 1 N–H and O–H groups in total. The van der Waals surface area contributed by atoms with Crippen LogP contribution in [0.4, 0.5) is 5.69 Å². The Morgan fingerprint density at radius 1 is 1.56 bits per heavy atom. The van der Waals surface area contributed by atoms with E-state index >= 15 is 0 Å². The summed E-state index contributed by atoms with van der Waals surface area (Å²) in [6.45, 7) is 0. The maximum absolute atomic E-state index is 10.9. The molecular weight excluding hydrogens is 240 g/mol. The van der Waals surface area contributed by atoms with Gasteiger partial charge in [-0.15, -0.1) is 0 Å². The van der Waals surface area contributed by atoms with Gasteiger partial charge in [0.1, 0.15) is 11.3 Å². The van der Waals surface area contributed by atoms with Crippen molar-refractivity contribution in [1.82, 2.24) is 4.98 Å². The summed E-state index contributed by atoms with van der Waals surface area (Å²) in [4.78, 5) is 34.5. The lowest BCUT2D eigenvalue weighted by atomic mass is 10.1. The van der Waals surface area contributed by atoms with Crippen LogP contribution >= 0.6 is 11.6 Å². The van der Waals surface area contributed by atoms with Gasteiger partial charge in [-0.3, -0.25) is 14.9 Å². The van der Waals surface area contributed by atoms with Gasteiger partial charge in [0.05, 0.1) is 4.92 Å². The van der Waals surface area contributed by atoms with Crippen molar-refractivity contribution >= 4 is 29.0 Å². The van der Waals surface area contributed by atoms with Crippen molar-refractivity contribution in [2.75, 3.05) is 0 Å². The maximum Gasteiger partial charge on any atom is 0.372 e. The number of aromatic nitrogens is 1. The number of carbonyl (C=O) groups is 2. The number of halogens is 1. The van der Waals surface area contributed by atoms with Crippen molar-refractivity contribution < 1.29 is 19.6 Å². The van der Waals surface area contributed by atoms with Crippen LogP contribution in [0.5, 0.6) is 0 Å². The normalized spacial score (nSPS) is 9.81. The van der Waals surface area contributed by atoms with Gasteiger partial charge in [-0.25, -0.2) is 9.78 Å². The van der Waals surface area contributed by atoms with Gasteiger partial charge in [0.15, 0.2) is 0 Å². The Hall–Kier alpha value is -2.02. The predicted molar refractivity (Wildman–Crippen MR) is 52.2 cm³/mol. The second kappa shape index (κ2) is 4.67. The minimum Gasteiger partial charge on any atom is -0.475 e. The highest BCUT2D eigenvalue weighted by molar-refractivity contribution is 6.33. The largest absolute Gasteiger partial charge is 0.475 e. The van der Waals surface area contributed by atoms with Crippen LogP contribution in [0.2, 0.25) is 5.15 Å². The van der Waals surface area contributed by atoms with E-state index in [-0.39, 0.29) is 10.7 Å². The van der Waals surface area contributed by atoms with Crippen LogP contribution in [0.15, 0.2) is 12.3 Å². The lowest BCUT2D eigenvalue weighted by molar-refractivity contribution is -0.385. The summed E-state index contributed by atoms with van der Waals surface area (Å²) in [6.07, 6.45) is 0.292. The smallest absolute Gasteiger partial charge is 0.372 e. The zero-order chi connectivity index (χ0) is 12.3. The van der Waals surface area contributed by atoms with Gasteiger partial charge < -0.3 is 5.11 Å². The van der Waals surface area contributed by atoms with Crippen LogP contribution in [0.25, 0.3) is 0 Å². The first kappa shape index (κ1) is 12.1. The van der Waals surface area contributed by atoms with Crippen LogP contribution < -0.4 is 0 Å². The highest BCUT2D eigenvalue weighted by Gasteiger charge is 2.20. The van der Waals surface area contributed by atoms with E-state index in [0.717, 1.165) is 12.3 Å². The average molecular weight is 245 g/mol. The van der Waals surface area contributed by atoms with Crippen molar-refractivity contribution in [2.45, 2.75) is 6.42 Å². The van der Waals surface area contributed by atoms with Crippen molar-refractivity contribution in [1.29, 1.82) is 0 Å². The third-order valence-electron chi connectivity index (χ3n) is 1.72. The van der Waals surface area contributed by atoms with Gasteiger partial charge in [0, 0.05) is 12.0 Å². The second-order valence-electron chi connectivity index (χ2n) is 2.80. The summed E-state index contributed by atoms with van der Waals surface area (Å²) in [5.41, 5.74) is -0.503. The molecule has 16 heavy (non-hydrogen) atoms. The van der Waals surface area contributed by atoms with Crippen LogP contribution in [0, 0.1) is 10.1 Å².